The first kappa shape index (κ1) is 44.9. The van der Waals surface area contributed by atoms with Gasteiger partial charge in [0.1, 0.15) is 79.3 Å². The summed E-state index contributed by atoms with van der Waals surface area (Å²) in [6.07, 6.45) is -32.0. The van der Waals surface area contributed by atoms with E-state index in [1.165, 1.54) is 21.0 Å². The molecular weight excluding hydrogens is 738 g/mol. The molecule has 54 heavy (non-hydrogen) atoms. The first-order valence-corrected chi connectivity index (χ1v) is 17.3. The molecular formula is C31H53NO22. The Hall–Kier alpha value is -1.82. The Morgan fingerprint density at radius 1 is 0.796 bits per heavy atom. The highest BCUT2D eigenvalue weighted by Gasteiger charge is 2.60. The van der Waals surface area contributed by atoms with Crippen molar-refractivity contribution in [1.82, 2.24) is 5.32 Å². The maximum atomic E-state index is 12.8. The molecule has 12 unspecified atom stereocenters. The van der Waals surface area contributed by atoms with E-state index in [4.69, 9.17) is 37.9 Å². The highest BCUT2D eigenvalue weighted by Crippen LogP contribution is 2.40. The van der Waals surface area contributed by atoms with Crippen molar-refractivity contribution in [3.05, 3.63) is 0 Å². The SMILES string of the molecule is COC1OC(CO)[C@@H](O[C@@H]2OC(CO)C(O)[C@H](O[C@]3(C(=O)O)CC(O)C(C)[C@H]([C@H](O)[C@H](O)CO)O3)C2O)C(O[C@@H]2O[C@@H](C)C(O)C(O)C2O)C1NC(C)=O. The molecule has 23 nitrogen and oxygen atoms in total. The van der Waals surface area contributed by atoms with E-state index < -0.39 is 166 Å². The Morgan fingerprint density at radius 2 is 1.39 bits per heavy atom. The van der Waals surface area contributed by atoms with E-state index in [1.807, 2.05) is 0 Å². The molecule has 0 bridgehead atoms. The normalized spacial score (nSPS) is 47.1. The summed E-state index contributed by atoms with van der Waals surface area (Å²) in [5, 5.41) is 128. The highest BCUT2D eigenvalue weighted by molar-refractivity contribution is 5.76. The molecule has 0 aliphatic carbocycles. The molecule has 0 radical (unpaired) electrons. The van der Waals surface area contributed by atoms with Gasteiger partial charge < -0.3 is 104 Å². The molecule has 21 atom stereocenters. The fourth-order valence-corrected chi connectivity index (χ4v) is 6.95. The van der Waals surface area contributed by atoms with Crippen molar-refractivity contribution in [2.45, 2.75) is 149 Å². The van der Waals surface area contributed by atoms with Gasteiger partial charge in [0.25, 0.3) is 5.79 Å². The fourth-order valence-electron chi connectivity index (χ4n) is 6.95. The first-order valence-electron chi connectivity index (χ1n) is 17.3. The maximum Gasteiger partial charge on any atom is 0.364 e. The van der Waals surface area contributed by atoms with Crippen LogP contribution in [-0.4, -0.2) is 222 Å². The summed E-state index contributed by atoms with van der Waals surface area (Å²) in [4.78, 5) is 25.1. The predicted molar refractivity (Wildman–Crippen MR) is 169 cm³/mol. The molecule has 0 saturated carbocycles. The maximum absolute atomic E-state index is 12.8. The molecule has 0 spiro atoms. The summed E-state index contributed by atoms with van der Waals surface area (Å²) in [7, 11) is 1.20. The van der Waals surface area contributed by atoms with Gasteiger partial charge in [-0.15, -0.1) is 0 Å². The summed E-state index contributed by atoms with van der Waals surface area (Å²) < 4.78 is 45.9. The van der Waals surface area contributed by atoms with E-state index >= 15 is 0 Å². The summed E-state index contributed by atoms with van der Waals surface area (Å²) in [6.45, 7) is 1.07. The number of rotatable bonds is 14. The molecule has 1 amide bonds. The van der Waals surface area contributed by atoms with Gasteiger partial charge in [0.15, 0.2) is 18.9 Å². The number of carboxylic acid groups (broad SMARTS) is 1. The van der Waals surface area contributed by atoms with Crippen molar-refractivity contribution in [2.24, 2.45) is 5.92 Å². The van der Waals surface area contributed by atoms with Gasteiger partial charge in [-0.1, -0.05) is 6.92 Å². The number of aliphatic hydroxyl groups is 11. The average molecular weight is 792 g/mol. The zero-order valence-corrected chi connectivity index (χ0v) is 29.8. The Bertz CT molecular complexity index is 1240. The molecule has 0 aromatic rings. The summed E-state index contributed by atoms with van der Waals surface area (Å²) in [5.74, 6) is -6.53. The lowest BCUT2D eigenvalue weighted by Crippen LogP contribution is -2.70. The molecule has 0 aromatic heterocycles. The lowest BCUT2D eigenvalue weighted by Gasteiger charge is -2.51. The van der Waals surface area contributed by atoms with Crippen LogP contribution in [0.4, 0.5) is 0 Å². The van der Waals surface area contributed by atoms with Crippen LogP contribution in [-0.2, 0) is 47.5 Å². The van der Waals surface area contributed by atoms with Crippen LogP contribution < -0.4 is 5.32 Å². The number of amides is 1. The van der Waals surface area contributed by atoms with Crippen LogP contribution in [0.1, 0.15) is 27.2 Å². The minimum atomic E-state index is -2.94. The standard InChI is InChI=1S/C31H53NO22/c1-9-12(37)5-31(30(45)46,53-23(9)18(40)13(38)6-33)54-26-19(41)14(7-34)49-29(22(26)44)51-24-15(8-35)50-27(47-4)16(32-11(3)36)25(24)52-28-21(43)20(42)17(39)10(2)48-28/h9-10,12-29,33-35,37-44H,5-8H2,1-4H3,(H,32,36)(H,45,46)/t9?,10-,12?,13+,14?,15?,16?,17?,18+,19?,20?,21?,22?,23+,24+,25?,26-,27?,28-,29-,31-/m0/s1. The van der Waals surface area contributed by atoms with Crippen LogP contribution in [0.25, 0.3) is 0 Å². The molecule has 4 heterocycles. The molecule has 13 N–H and O–H groups in total. The quantitative estimate of drug-likeness (QED) is 0.0777. The van der Waals surface area contributed by atoms with Gasteiger partial charge in [0.2, 0.25) is 5.91 Å². The number of aliphatic hydroxyl groups excluding tert-OH is 11. The van der Waals surface area contributed by atoms with E-state index in [9.17, 15) is 70.9 Å². The molecule has 0 aromatic carbocycles. The molecule has 4 aliphatic heterocycles. The van der Waals surface area contributed by atoms with Crippen LogP contribution in [0.5, 0.6) is 0 Å². The van der Waals surface area contributed by atoms with Gasteiger partial charge in [-0.2, -0.15) is 0 Å². The van der Waals surface area contributed by atoms with Crippen molar-refractivity contribution < 1.29 is 109 Å². The zero-order valence-electron chi connectivity index (χ0n) is 29.8. The van der Waals surface area contributed by atoms with Crippen LogP contribution in [0.15, 0.2) is 0 Å². The second-order valence-corrected chi connectivity index (χ2v) is 13.9. The molecule has 4 fully saturated rings. The smallest absolute Gasteiger partial charge is 0.364 e. The average Bonchev–Trinajstić information content (AvgIpc) is 3.13. The third kappa shape index (κ3) is 9.15. The minimum absolute atomic E-state index is 0.654. The van der Waals surface area contributed by atoms with E-state index in [2.05, 4.69) is 5.32 Å². The van der Waals surface area contributed by atoms with E-state index in [-0.39, 0.29) is 0 Å². The van der Waals surface area contributed by atoms with Crippen LogP contribution in [0, 0.1) is 5.92 Å². The van der Waals surface area contributed by atoms with Crippen molar-refractivity contribution in [2.75, 3.05) is 26.9 Å². The van der Waals surface area contributed by atoms with Gasteiger partial charge in [-0.05, 0) is 6.92 Å². The number of carbonyl (C=O) groups excluding carboxylic acids is 1. The predicted octanol–water partition coefficient (Wildman–Crippen LogP) is -7.44. The molecule has 4 saturated heterocycles. The molecule has 4 rings (SSSR count). The Labute approximate surface area is 308 Å². The van der Waals surface area contributed by atoms with Gasteiger partial charge in [-0.25, -0.2) is 4.79 Å². The zero-order chi connectivity index (χ0) is 40.4. The van der Waals surface area contributed by atoms with E-state index in [0.717, 1.165) is 6.92 Å². The van der Waals surface area contributed by atoms with Crippen LogP contribution in [0.3, 0.4) is 0 Å². The second kappa shape index (κ2) is 18.6. The number of aliphatic carboxylic acids is 1. The lowest BCUT2D eigenvalue weighted by atomic mass is 9.84. The number of carboxylic acids is 1. The Kier molecular flexibility index (Phi) is 15.5. The number of hydrogen-bond acceptors (Lipinski definition) is 21. The largest absolute Gasteiger partial charge is 0.477 e. The van der Waals surface area contributed by atoms with E-state index in [0.29, 0.717) is 0 Å². The Morgan fingerprint density at radius 3 is 1.94 bits per heavy atom. The minimum Gasteiger partial charge on any atom is -0.477 e. The van der Waals surface area contributed by atoms with Crippen molar-refractivity contribution >= 4 is 11.9 Å². The summed E-state index contributed by atoms with van der Waals surface area (Å²) in [6, 6.07) is -1.35. The molecule has 23 heteroatoms. The topological polar surface area (TPSA) is 363 Å². The Balaban J connectivity index is 1.71. The van der Waals surface area contributed by atoms with Gasteiger partial charge >= 0.3 is 5.97 Å². The number of hydrogen-bond donors (Lipinski definition) is 13. The number of nitrogens with one attached hydrogen (secondary N) is 1. The van der Waals surface area contributed by atoms with E-state index in [1.54, 1.807) is 0 Å². The monoisotopic (exact) mass is 791 g/mol. The first-order chi connectivity index (χ1) is 25.4. The fraction of sp³-hybridized carbons (Fsp3) is 0.935. The summed E-state index contributed by atoms with van der Waals surface area (Å²) >= 11 is 0. The molecule has 4 aliphatic rings. The van der Waals surface area contributed by atoms with Crippen LogP contribution in [0.2, 0.25) is 0 Å². The number of ether oxygens (including phenoxy) is 8. The molecule has 314 valence electrons. The van der Waals surface area contributed by atoms with Crippen molar-refractivity contribution in [1.29, 1.82) is 0 Å². The van der Waals surface area contributed by atoms with Gasteiger partial charge in [0.05, 0.1) is 38.1 Å². The van der Waals surface area contributed by atoms with Gasteiger partial charge in [-0.3, -0.25) is 4.79 Å². The van der Waals surface area contributed by atoms with Crippen molar-refractivity contribution in [3.8, 4) is 0 Å². The third-order valence-electron chi connectivity index (χ3n) is 10.1. The lowest BCUT2D eigenvalue weighted by molar-refractivity contribution is -0.392. The second-order valence-electron chi connectivity index (χ2n) is 13.9. The van der Waals surface area contributed by atoms with Crippen molar-refractivity contribution in [3.63, 3.8) is 0 Å². The highest BCUT2D eigenvalue weighted by atomic mass is 16.8. The summed E-state index contributed by atoms with van der Waals surface area (Å²) in [5.41, 5.74) is 0. The number of methoxy groups -OCH3 is 1. The number of carbonyl (C=O) groups is 2. The third-order valence-corrected chi connectivity index (χ3v) is 10.1. The van der Waals surface area contributed by atoms with Gasteiger partial charge in [0, 0.05) is 26.4 Å². The van der Waals surface area contributed by atoms with Crippen LogP contribution >= 0.6 is 0 Å².